The predicted molar refractivity (Wildman–Crippen MR) is 59.1 cm³/mol. The second-order valence-corrected chi connectivity index (χ2v) is 3.36. The third-order valence-corrected chi connectivity index (χ3v) is 2.31. The second kappa shape index (κ2) is 4.86. The van der Waals surface area contributed by atoms with Gasteiger partial charge in [-0.15, -0.1) is 6.58 Å². The van der Waals surface area contributed by atoms with Gasteiger partial charge in [-0.05, 0) is 36.0 Å². The molecule has 0 fully saturated rings. The van der Waals surface area contributed by atoms with Crippen molar-refractivity contribution in [3.05, 3.63) is 47.5 Å². The third kappa shape index (κ3) is 2.73. The minimum Gasteiger partial charge on any atom is -0.103 e. The first kappa shape index (κ1) is 10.0. The van der Waals surface area contributed by atoms with Gasteiger partial charge in [-0.25, -0.2) is 0 Å². The molecule has 0 radical (unpaired) electrons. The van der Waals surface area contributed by atoms with E-state index in [2.05, 4.69) is 38.6 Å². The molecule has 0 aromatic heterocycles. The average molecular weight is 174 g/mol. The molecule has 1 aromatic carbocycles. The van der Waals surface area contributed by atoms with Crippen molar-refractivity contribution in [3.63, 3.8) is 0 Å². The van der Waals surface area contributed by atoms with Crippen molar-refractivity contribution >= 4 is 0 Å². The summed E-state index contributed by atoms with van der Waals surface area (Å²) in [4.78, 5) is 0. The van der Waals surface area contributed by atoms with Crippen LogP contribution in [0.2, 0.25) is 0 Å². The van der Waals surface area contributed by atoms with Crippen LogP contribution in [-0.2, 0) is 19.3 Å². The third-order valence-electron chi connectivity index (χ3n) is 2.31. The minimum absolute atomic E-state index is 0.987. The van der Waals surface area contributed by atoms with Gasteiger partial charge in [0, 0.05) is 0 Å². The Bertz CT molecular complexity index is 262. The summed E-state index contributed by atoms with van der Waals surface area (Å²) < 4.78 is 0. The molecular weight excluding hydrogens is 156 g/mol. The van der Waals surface area contributed by atoms with E-state index in [0.717, 1.165) is 19.3 Å². The van der Waals surface area contributed by atoms with Crippen molar-refractivity contribution in [1.29, 1.82) is 0 Å². The Morgan fingerprint density at radius 2 is 1.46 bits per heavy atom. The molecule has 0 aliphatic carbocycles. The first-order chi connectivity index (χ1) is 6.30. The van der Waals surface area contributed by atoms with Crippen molar-refractivity contribution in [2.75, 3.05) is 0 Å². The van der Waals surface area contributed by atoms with E-state index in [9.17, 15) is 0 Å². The Kier molecular flexibility index (Phi) is 3.75. The summed E-state index contributed by atoms with van der Waals surface area (Å²) in [6.07, 6.45) is 5.20. The highest BCUT2D eigenvalue weighted by Gasteiger charge is 1.97. The lowest BCUT2D eigenvalue weighted by Gasteiger charge is -2.05. The Labute approximate surface area is 81.3 Å². The Morgan fingerprint density at radius 1 is 1.00 bits per heavy atom. The van der Waals surface area contributed by atoms with Crippen LogP contribution < -0.4 is 0 Å². The molecule has 0 saturated carbocycles. The summed E-state index contributed by atoms with van der Waals surface area (Å²) in [5.74, 6) is 0. The minimum atomic E-state index is 0.987. The van der Waals surface area contributed by atoms with E-state index in [4.69, 9.17) is 0 Å². The summed E-state index contributed by atoms with van der Waals surface area (Å²) in [6, 6.07) is 6.86. The maximum atomic E-state index is 3.77. The number of hydrogen-bond donors (Lipinski definition) is 0. The van der Waals surface area contributed by atoms with Crippen LogP contribution in [0.3, 0.4) is 0 Å². The molecular formula is C13H18. The van der Waals surface area contributed by atoms with Gasteiger partial charge in [0.2, 0.25) is 0 Å². The van der Waals surface area contributed by atoms with E-state index < -0.39 is 0 Å². The quantitative estimate of drug-likeness (QED) is 0.612. The van der Waals surface area contributed by atoms with Crippen LogP contribution in [0.1, 0.15) is 30.5 Å². The van der Waals surface area contributed by atoms with Gasteiger partial charge in [-0.3, -0.25) is 0 Å². The van der Waals surface area contributed by atoms with Crippen LogP contribution >= 0.6 is 0 Å². The fourth-order valence-corrected chi connectivity index (χ4v) is 1.53. The Hall–Kier alpha value is -1.04. The normalized spacial score (nSPS) is 10.0. The highest BCUT2D eigenvalue weighted by atomic mass is 14.0. The molecule has 0 unspecified atom stereocenters. The molecule has 0 saturated heterocycles. The van der Waals surface area contributed by atoms with Crippen LogP contribution in [0.4, 0.5) is 0 Å². The van der Waals surface area contributed by atoms with Gasteiger partial charge < -0.3 is 0 Å². The van der Waals surface area contributed by atoms with Gasteiger partial charge in [0.15, 0.2) is 0 Å². The Balaban J connectivity index is 2.99. The molecule has 0 spiro atoms. The maximum absolute atomic E-state index is 3.77. The summed E-state index contributed by atoms with van der Waals surface area (Å²) in [7, 11) is 0. The molecule has 70 valence electrons. The molecule has 0 aliphatic heterocycles. The second-order valence-electron chi connectivity index (χ2n) is 3.36. The molecule has 13 heavy (non-hydrogen) atoms. The molecule has 0 bridgehead atoms. The predicted octanol–water partition coefficient (Wildman–Crippen LogP) is 3.54. The molecule has 0 amide bonds. The van der Waals surface area contributed by atoms with Gasteiger partial charge in [0.1, 0.15) is 0 Å². The Morgan fingerprint density at radius 3 is 1.85 bits per heavy atom. The maximum Gasteiger partial charge on any atom is -0.00999 e. The lowest BCUT2D eigenvalue weighted by molar-refractivity contribution is 1.06. The topological polar surface area (TPSA) is 0 Å². The van der Waals surface area contributed by atoms with E-state index in [1.165, 1.54) is 16.7 Å². The number of benzene rings is 1. The molecule has 0 nitrogen and oxygen atoms in total. The van der Waals surface area contributed by atoms with Crippen molar-refractivity contribution in [2.45, 2.75) is 33.1 Å². The van der Waals surface area contributed by atoms with Crippen molar-refractivity contribution in [2.24, 2.45) is 0 Å². The monoisotopic (exact) mass is 174 g/mol. The number of aryl methyl sites for hydroxylation is 2. The molecule has 0 heteroatoms. The van der Waals surface area contributed by atoms with E-state index in [1.807, 2.05) is 6.08 Å². The summed E-state index contributed by atoms with van der Waals surface area (Å²) in [5, 5.41) is 0. The molecule has 1 aromatic rings. The van der Waals surface area contributed by atoms with Crippen LogP contribution in [-0.4, -0.2) is 0 Å². The summed E-state index contributed by atoms with van der Waals surface area (Å²) in [5.41, 5.74) is 4.28. The zero-order chi connectivity index (χ0) is 9.68. The lowest BCUT2D eigenvalue weighted by Crippen LogP contribution is -1.90. The number of allylic oxidation sites excluding steroid dienone is 1. The highest BCUT2D eigenvalue weighted by Crippen LogP contribution is 2.12. The summed E-state index contributed by atoms with van der Waals surface area (Å²) in [6.45, 7) is 8.17. The SMILES string of the molecule is C=CCc1cc(CC)cc(CC)c1. The van der Waals surface area contributed by atoms with Crippen LogP contribution in [0, 0.1) is 0 Å². The largest absolute Gasteiger partial charge is 0.103 e. The zero-order valence-corrected chi connectivity index (χ0v) is 8.64. The van der Waals surface area contributed by atoms with Gasteiger partial charge in [0.05, 0.1) is 0 Å². The zero-order valence-electron chi connectivity index (χ0n) is 8.64. The first-order valence-corrected chi connectivity index (χ1v) is 5.02. The fourth-order valence-electron chi connectivity index (χ4n) is 1.53. The highest BCUT2D eigenvalue weighted by molar-refractivity contribution is 5.31. The fraction of sp³-hybridized carbons (Fsp3) is 0.385. The van der Waals surface area contributed by atoms with Crippen LogP contribution in [0.15, 0.2) is 30.9 Å². The van der Waals surface area contributed by atoms with Gasteiger partial charge in [-0.2, -0.15) is 0 Å². The number of rotatable bonds is 4. The standard InChI is InChI=1S/C13H18/c1-4-7-13-9-11(5-2)8-12(6-3)10-13/h4,8-10H,1,5-7H2,2-3H3. The van der Waals surface area contributed by atoms with Gasteiger partial charge in [-0.1, -0.05) is 38.1 Å². The molecule has 0 heterocycles. The molecule has 0 N–H and O–H groups in total. The van der Waals surface area contributed by atoms with Crippen LogP contribution in [0.5, 0.6) is 0 Å². The smallest absolute Gasteiger partial charge is 0.00999 e. The number of hydrogen-bond acceptors (Lipinski definition) is 0. The molecule has 0 atom stereocenters. The lowest BCUT2D eigenvalue weighted by atomic mass is 10.0. The van der Waals surface area contributed by atoms with E-state index >= 15 is 0 Å². The van der Waals surface area contributed by atoms with Crippen molar-refractivity contribution < 1.29 is 0 Å². The van der Waals surface area contributed by atoms with E-state index in [1.54, 1.807) is 0 Å². The first-order valence-electron chi connectivity index (χ1n) is 5.02. The van der Waals surface area contributed by atoms with Crippen LogP contribution in [0.25, 0.3) is 0 Å². The molecule has 1 rings (SSSR count). The summed E-state index contributed by atoms with van der Waals surface area (Å²) >= 11 is 0. The van der Waals surface area contributed by atoms with E-state index in [0.29, 0.717) is 0 Å². The molecule has 0 aliphatic rings. The van der Waals surface area contributed by atoms with Crippen molar-refractivity contribution in [3.8, 4) is 0 Å². The van der Waals surface area contributed by atoms with Gasteiger partial charge in [0.25, 0.3) is 0 Å². The van der Waals surface area contributed by atoms with E-state index in [-0.39, 0.29) is 0 Å². The average Bonchev–Trinajstić information content (AvgIpc) is 2.17. The van der Waals surface area contributed by atoms with Gasteiger partial charge >= 0.3 is 0 Å². The van der Waals surface area contributed by atoms with Crippen molar-refractivity contribution in [1.82, 2.24) is 0 Å².